The lowest BCUT2D eigenvalue weighted by Crippen LogP contribution is -2.53. The maximum Gasteiger partial charge on any atom is 0.0859 e. The number of hydrogen-bond donors (Lipinski definition) is 1. The molecule has 0 aromatic carbocycles. The fraction of sp³-hybridized carbons (Fsp3) is 0.706. The van der Waals surface area contributed by atoms with E-state index in [9.17, 15) is 0 Å². The monoisotopic (exact) mass is 291 g/mol. The zero-order valence-electron chi connectivity index (χ0n) is 13.8. The lowest BCUT2D eigenvalue weighted by atomic mass is 10.0. The van der Waals surface area contributed by atoms with Crippen LogP contribution in [0.1, 0.15) is 32.0 Å². The van der Waals surface area contributed by atoms with Crippen molar-refractivity contribution in [1.82, 2.24) is 15.2 Å². The van der Waals surface area contributed by atoms with Crippen LogP contribution in [0.2, 0.25) is 0 Å². The van der Waals surface area contributed by atoms with Crippen molar-refractivity contribution < 1.29 is 4.74 Å². The molecule has 0 aliphatic carbocycles. The predicted octanol–water partition coefficient (Wildman–Crippen LogP) is 1.88. The topological polar surface area (TPSA) is 37.4 Å². The van der Waals surface area contributed by atoms with E-state index in [1.807, 2.05) is 13.2 Å². The van der Waals surface area contributed by atoms with E-state index in [0.717, 1.165) is 38.2 Å². The van der Waals surface area contributed by atoms with Crippen LogP contribution in [0, 0.1) is 0 Å². The first-order valence-electron chi connectivity index (χ1n) is 8.10. The molecule has 1 fully saturated rings. The lowest BCUT2D eigenvalue weighted by Gasteiger charge is -2.38. The summed E-state index contributed by atoms with van der Waals surface area (Å²) in [7, 11) is 2.02. The Labute approximate surface area is 128 Å². The Balaban J connectivity index is 1.98. The Morgan fingerprint density at radius 1 is 1.43 bits per heavy atom. The van der Waals surface area contributed by atoms with Crippen molar-refractivity contribution in [1.29, 1.82) is 0 Å². The van der Waals surface area contributed by atoms with Gasteiger partial charge in [0.05, 0.1) is 12.7 Å². The smallest absolute Gasteiger partial charge is 0.0859 e. The lowest BCUT2D eigenvalue weighted by molar-refractivity contribution is -0.0543. The van der Waals surface area contributed by atoms with Crippen molar-refractivity contribution in [2.75, 3.05) is 26.7 Å². The molecule has 1 aromatic heterocycles. The summed E-state index contributed by atoms with van der Waals surface area (Å²) in [6, 6.07) is 5.21. The van der Waals surface area contributed by atoms with Crippen LogP contribution in [-0.4, -0.2) is 54.8 Å². The van der Waals surface area contributed by atoms with Crippen LogP contribution in [-0.2, 0) is 17.6 Å². The number of likely N-dealkylation sites (N-methyl/N-ethyl adjacent to an activating group) is 1. The quantitative estimate of drug-likeness (QED) is 0.868. The van der Waals surface area contributed by atoms with E-state index in [4.69, 9.17) is 4.74 Å². The van der Waals surface area contributed by atoms with Gasteiger partial charge in [0.25, 0.3) is 0 Å². The molecule has 0 radical (unpaired) electrons. The molecule has 1 saturated heterocycles. The second-order valence-electron chi connectivity index (χ2n) is 6.11. The molecule has 2 unspecified atom stereocenters. The van der Waals surface area contributed by atoms with Gasteiger partial charge in [-0.15, -0.1) is 0 Å². The number of ether oxygens (including phenoxy) is 1. The second-order valence-corrected chi connectivity index (χ2v) is 6.11. The van der Waals surface area contributed by atoms with E-state index >= 15 is 0 Å². The zero-order chi connectivity index (χ0) is 15.2. The summed E-state index contributed by atoms with van der Waals surface area (Å²) >= 11 is 0. The molecule has 21 heavy (non-hydrogen) atoms. The highest BCUT2D eigenvalue weighted by atomic mass is 16.5. The number of nitrogens with zero attached hydrogens (tertiary/aromatic N) is 2. The molecule has 2 atom stereocenters. The fourth-order valence-corrected chi connectivity index (χ4v) is 2.84. The normalized spacial score (nSPS) is 21.7. The molecular weight excluding hydrogens is 262 g/mol. The van der Waals surface area contributed by atoms with E-state index in [0.29, 0.717) is 12.1 Å². The Bertz CT molecular complexity index is 419. The van der Waals surface area contributed by atoms with Gasteiger partial charge < -0.3 is 10.1 Å². The van der Waals surface area contributed by atoms with Crippen molar-refractivity contribution in [3.05, 3.63) is 29.6 Å². The van der Waals surface area contributed by atoms with Crippen LogP contribution in [0.3, 0.4) is 0 Å². The molecule has 4 heteroatoms. The number of nitrogens with one attached hydrogen (secondary N) is 1. The van der Waals surface area contributed by atoms with Gasteiger partial charge >= 0.3 is 0 Å². The summed E-state index contributed by atoms with van der Waals surface area (Å²) < 4.78 is 6.00. The molecule has 0 bridgehead atoms. The van der Waals surface area contributed by atoms with Crippen LogP contribution in [0.4, 0.5) is 0 Å². The number of morpholine rings is 1. The summed E-state index contributed by atoms with van der Waals surface area (Å²) in [6.45, 7) is 9.51. The van der Waals surface area contributed by atoms with Crippen LogP contribution in [0.5, 0.6) is 0 Å². The number of aryl methyl sites for hydroxylation is 1. The molecule has 1 aliphatic rings. The van der Waals surface area contributed by atoms with E-state index in [-0.39, 0.29) is 6.10 Å². The Kier molecular flexibility index (Phi) is 6.15. The minimum absolute atomic E-state index is 0.235. The maximum atomic E-state index is 6.00. The van der Waals surface area contributed by atoms with Gasteiger partial charge in [0.15, 0.2) is 0 Å². The van der Waals surface area contributed by atoms with E-state index in [2.05, 4.69) is 48.1 Å². The number of rotatable bonds is 6. The highest BCUT2D eigenvalue weighted by Crippen LogP contribution is 2.14. The van der Waals surface area contributed by atoms with Gasteiger partial charge in [-0.3, -0.25) is 9.88 Å². The van der Waals surface area contributed by atoms with Gasteiger partial charge in [-0.05, 0) is 38.9 Å². The predicted molar refractivity (Wildman–Crippen MR) is 86.6 cm³/mol. The van der Waals surface area contributed by atoms with Crippen LogP contribution in [0.25, 0.3) is 0 Å². The first-order chi connectivity index (χ1) is 10.1. The molecule has 1 aliphatic heterocycles. The molecule has 2 rings (SSSR count). The molecule has 0 saturated carbocycles. The third-order valence-electron chi connectivity index (χ3n) is 4.40. The van der Waals surface area contributed by atoms with Crippen molar-refractivity contribution in [3.8, 4) is 0 Å². The van der Waals surface area contributed by atoms with Crippen LogP contribution in [0.15, 0.2) is 18.3 Å². The van der Waals surface area contributed by atoms with Gasteiger partial charge in [-0.1, -0.05) is 13.0 Å². The highest BCUT2D eigenvalue weighted by molar-refractivity contribution is 5.15. The van der Waals surface area contributed by atoms with Crippen molar-refractivity contribution in [2.24, 2.45) is 0 Å². The Hall–Kier alpha value is -0.970. The average molecular weight is 291 g/mol. The minimum atomic E-state index is 0.235. The number of aromatic nitrogens is 1. The number of hydrogen-bond acceptors (Lipinski definition) is 4. The third-order valence-corrected chi connectivity index (χ3v) is 4.40. The molecular formula is C17H29N3O. The summed E-state index contributed by atoms with van der Waals surface area (Å²) in [5.41, 5.74) is 2.43. The molecule has 118 valence electrons. The minimum Gasteiger partial charge on any atom is -0.374 e. The largest absolute Gasteiger partial charge is 0.374 e. The Morgan fingerprint density at radius 2 is 2.24 bits per heavy atom. The van der Waals surface area contributed by atoms with Crippen molar-refractivity contribution in [3.63, 3.8) is 0 Å². The fourth-order valence-electron chi connectivity index (χ4n) is 2.84. The van der Waals surface area contributed by atoms with Gasteiger partial charge in [0.1, 0.15) is 0 Å². The first-order valence-corrected chi connectivity index (χ1v) is 8.10. The number of pyridine rings is 1. The SMILES string of the molecule is CCc1ccc(CC(NC)C2CN(C(C)C)CCO2)nc1. The van der Waals surface area contributed by atoms with Crippen molar-refractivity contribution in [2.45, 2.75) is 51.8 Å². The van der Waals surface area contributed by atoms with Gasteiger partial charge in [-0.25, -0.2) is 0 Å². The molecule has 2 heterocycles. The van der Waals surface area contributed by atoms with Crippen LogP contribution >= 0.6 is 0 Å². The van der Waals surface area contributed by atoms with Gasteiger partial charge in [0.2, 0.25) is 0 Å². The first kappa shape index (κ1) is 16.4. The maximum absolute atomic E-state index is 6.00. The summed E-state index contributed by atoms with van der Waals surface area (Å²) in [4.78, 5) is 7.07. The van der Waals surface area contributed by atoms with E-state index < -0.39 is 0 Å². The summed E-state index contributed by atoms with van der Waals surface area (Å²) in [5, 5.41) is 3.42. The van der Waals surface area contributed by atoms with Gasteiger partial charge in [-0.2, -0.15) is 0 Å². The third kappa shape index (κ3) is 4.50. The molecule has 1 aromatic rings. The molecule has 4 nitrogen and oxygen atoms in total. The summed E-state index contributed by atoms with van der Waals surface area (Å²) in [5.74, 6) is 0. The molecule has 0 amide bonds. The molecule has 1 N–H and O–H groups in total. The molecule has 0 spiro atoms. The second kappa shape index (κ2) is 7.87. The Morgan fingerprint density at radius 3 is 2.81 bits per heavy atom. The van der Waals surface area contributed by atoms with Gasteiger partial charge in [0, 0.05) is 43.5 Å². The zero-order valence-corrected chi connectivity index (χ0v) is 13.8. The highest BCUT2D eigenvalue weighted by Gasteiger charge is 2.28. The summed E-state index contributed by atoms with van der Waals surface area (Å²) in [6.07, 6.45) is 4.18. The van der Waals surface area contributed by atoms with E-state index in [1.165, 1.54) is 5.56 Å². The average Bonchev–Trinajstić information content (AvgIpc) is 2.53. The van der Waals surface area contributed by atoms with Crippen LogP contribution < -0.4 is 5.32 Å². The van der Waals surface area contributed by atoms with E-state index in [1.54, 1.807) is 0 Å². The standard InChI is InChI=1S/C17H29N3O/c1-5-14-6-7-15(19-11-14)10-16(18-4)17-12-20(13(2)3)8-9-21-17/h6-7,11,13,16-18H,5,8-10,12H2,1-4H3. The van der Waals surface area contributed by atoms with Crippen molar-refractivity contribution >= 4 is 0 Å².